The van der Waals surface area contributed by atoms with Crippen LogP contribution in [0.1, 0.15) is 79.2 Å². The van der Waals surface area contributed by atoms with Gasteiger partial charge in [-0.3, -0.25) is 5.32 Å². The Kier molecular flexibility index (Phi) is 13.2. The highest BCUT2D eigenvalue weighted by Crippen LogP contribution is 2.32. The lowest BCUT2D eigenvalue weighted by Gasteiger charge is -2.32. The summed E-state index contributed by atoms with van der Waals surface area (Å²) in [6, 6.07) is 3.66. The van der Waals surface area contributed by atoms with Crippen molar-refractivity contribution in [3.63, 3.8) is 0 Å². The molecule has 0 saturated heterocycles. The van der Waals surface area contributed by atoms with E-state index in [2.05, 4.69) is 5.32 Å². The predicted molar refractivity (Wildman–Crippen MR) is 147 cm³/mol. The van der Waals surface area contributed by atoms with Crippen molar-refractivity contribution in [1.29, 1.82) is 0 Å². The van der Waals surface area contributed by atoms with E-state index >= 15 is 0 Å². The number of benzene rings is 1. The van der Waals surface area contributed by atoms with Gasteiger partial charge in [0.15, 0.2) is 11.5 Å². The summed E-state index contributed by atoms with van der Waals surface area (Å²) in [7, 11) is 0. The molecule has 0 aromatic heterocycles. The minimum absolute atomic E-state index is 0.0411. The zero-order valence-electron chi connectivity index (χ0n) is 24.7. The molecule has 1 saturated carbocycles. The summed E-state index contributed by atoms with van der Waals surface area (Å²) in [4.78, 5) is 49.8. The normalized spacial score (nSPS) is 15.2. The van der Waals surface area contributed by atoms with Crippen molar-refractivity contribution in [2.24, 2.45) is 11.8 Å². The summed E-state index contributed by atoms with van der Waals surface area (Å²) in [5.74, 6) is -1.72. The first kappa shape index (κ1) is 33.7. The minimum atomic E-state index is -2.21. The number of ether oxygens (including phenoxy) is 6. The molecule has 0 bridgehead atoms. The maximum Gasteiger partial charge on any atom is 0.513 e. The lowest BCUT2D eigenvalue weighted by Crippen LogP contribution is -2.59. The summed E-state index contributed by atoms with van der Waals surface area (Å²) < 4.78 is 31.5. The van der Waals surface area contributed by atoms with Crippen molar-refractivity contribution < 1.29 is 52.7 Å². The van der Waals surface area contributed by atoms with Crippen LogP contribution in [0.4, 0.5) is 14.4 Å². The van der Waals surface area contributed by atoms with Crippen LogP contribution in [0.2, 0.25) is 0 Å². The highest BCUT2D eigenvalue weighted by Gasteiger charge is 2.45. The fourth-order valence-electron chi connectivity index (χ4n) is 4.07. The van der Waals surface area contributed by atoms with Crippen LogP contribution in [-0.2, 0) is 30.2 Å². The van der Waals surface area contributed by atoms with E-state index in [-0.39, 0.29) is 54.6 Å². The minimum Gasteiger partial charge on any atom is -0.477 e. The molecule has 0 unspecified atom stereocenters. The number of carboxylic acids is 1. The molecular formula is C29H43NO11. The Morgan fingerprint density at radius 3 is 1.93 bits per heavy atom. The molecule has 0 heterocycles. The summed E-state index contributed by atoms with van der Waals surface area (Å²) in [5.41, 5.74) is -1.94. The molecule has 12 heteroatoms. The van der Waals surface area contributed by atoms with Crippen molar-refractivity contribution in [1.82, 2.24) is 5.32 Å². The number of hydrogen-bond acceptors (Lipinski definition) is 11. The van der Waals surface area contributed by atoms with Crippen molar-refractivity contribution in [2.45, 2.75) is 97.9 Å². The zero-order valence-corrected chi connectivity index (χ0v) is 24.7. The van der Waals surface area contributed by atoms with E-state index in [1.165, 1.54) is 18.2 Å². The van der Waals surface area contributed by atoms with Gasteiger partial charge in [0.1, 0.15) is 6.10 Å². The largest absolute Gasteiger partial charge is 0.513 e. The van der Waals surface area contributed by atoms with E-state index in [1.54, 1.807) is 13.8 Å². The second-order valence-corrected chi connectivity index (χ2v) is 11.2. The molecular weight excluding hydrogens is 538 g/mol. The number of aliphatic carboxylic acids is 1. The zero-order chi connectivity index (χ0) is 30.6. The van der Waals surface area contributed by atoms with Gasteiger partial charge in [0.25, 0.3) is 5.72 Å². The average Bonchev–Trinajstić information content (AvgIpc) is 2.87. The van der Waals surface area contributed by atoms with Gasteiger partial charge in [0.05, 0.1) is 13.2 Å². The van der Waals surface area contributed by atoms with E-state index in [1.807, 2.05) is 27.7 Å². The maximum absolute atomic E-state index is 12.7. The summed E-state index contributed by atoms with van der Waals surface area (Å²) in [6.07, 6.45) is 0.351. The van der Waals surface area contributed by atoms with Crippen LogP contribution in [0.3, 0.4) is 0 Å². The van der Waals surface area contributed by atoms with Gasteiger partial charge in [0.2, 0.25) is 0 Å². The molecule has 2 rings (SSSR count). The van der Waals surface area contributed by atoms with Gasteiger partial charge in [-0.15, -0.1) is 0 Å². The van der Waals surface area contributed by atoms with Crippen molar-refractivity contribution >= 4 is 24.4 Å². The van der Waals surface area contributed by atoms with Gasteiger partial charge in [-0.05, 0) is 69.1 Å². The summed E-state index contributed by atoms with van der Waals surface area (Å²) in [5, 5.41) is 13.0. The third kappa shape index (κ3) is 11.8. The molecule has 41 heavy (non-hydrogen) atoms. The van der Waals surface area contributed by atoms with E-state index < -0.39 is 36.2 Å². The van der Waals surface area contributed by atoms with Crippen LogP contribution in [0.5, 0.6) is 11.5 Å². The van der Waals surface area contributed by atoms with Gasteiger partial charge in [0, 0.05) is 12.5 Å². The van der Waals surface area contributed by atoms with Crippen LogP contribution in [0.25, 0.3) is 0 Å². The summed E-state index contributed by atoms with van der Waals surface area (Å²) >= 11 is 0. The lowest BCUT2D eigenvalue weighted by molar-refractivity contribution is -0.168. The molecule has 230 valence electrons. The Bertz CT molecular complexity index is 1030. The number of carbonyl (C=O) groups excluding carboxylic acids is 3. The summed E-state index contributed by atoms with van der Waals surface area (Å²) in [6.45, 7) is 11.0. The monoisotopic (exact) mass is 581 g/mol. The highest BCUT2D eigenvalue weighted by atomic mass is 16.8. The van der Waals surface area contributed by atoms with E-state index in [9.17, 15) is 24.3 Å². The second-order valence-electron chi connectivity index (χ2n) is 11.2. The first-order valence-electron chi connectivity index (χ1n) is 14.0. The third-order valence-electron chi connectivity index (χ3n) is 5.86. The van der Waals surface area contributed by atoms with Crippen molar-refractivity contribution in [3.8, 4) is 11.5 Å². The number of rotatable bonds is 13. The SMILES string of the molecule is CC(C)COC(=O)Oc1ccc(C[C@](NC(C)C)(OC(=O)OC2CCCCC2)C(=O)O)cc1OC(=O)OCC(C)C. The first-order valence-corrected chi connectivity index (χ1v) is 14.0. The smallest absolute Gasteiger partial charge is 0.477 e. The average molecular weight is 582 g/mol. The third-order valence-corrected chi connectivity index (χ3v) is 5.86. The number of hydrogen-bond donors (Lipinski definition) is 2. The van der Waals surface area contributed by atoms with Gasteiger partial charge in [-0.25, -0.2) is 19.2 Å². The molecule has 0 spiro atoms. The van der Waals surface area contributed by atoms with Crippen LogP contribution in [0, 0.1) is 11.8 Å². The van der Waals surface area contributed by atoms with Crippen LogP contribution < -0.4 is 14.8 Å². The Hall–Kier alpha value is -3.54. The molecule has 1 fully saturated rings. The maximum atomic E-state index is 12.7. The van der Waals surface area contributed by atoms with Crippen molar-refractivity contribution in [3.05, 3.63) is 23.8 Å². The molecule has 2 N–H and O–H groups in total. The Labute approximate surface area is 240 Å². The highest BCUT2D eigenvalue weighted by molar-refractivity contribution is 5.80. The first-order chi connectivity index (χ1) is 19.3. The molecule has 0 amide bonds. The van der Waals surface area contributed by atoms with E-state index in [4.69, 9.17) is 28.4 Å². The Balaban J connectivity index is 2.35. The fourth-order valence-corrected chi connectivity index (χ4v) is 4.07. The van der Waals surface area contributed by atoms with Gasteiger partial charge in [-0.1, -0.05) is 40.2 Å². The molecule has 1 atom stereocenters. The van der Waals surface area contributed by atoms with Gasteiger partial charge >= 0.3 is 24.4 Å². The molecule has 0 aliphatic heterocycles. The lowest BCUT2D eigenvalue weighted by atomic mass is 9.98. The van der Waals surface area contributed by atoms with E-state index in [0.29, 0.717) is 12.8 Å². The van der Waals surface area contributed by atoms with Crippen molar-refractivity contribution in [2.75, 3.05) is 13.2 Å². The topological polar surface area (TPSA) is 156 Å². The Morgan fingerprint density at radius 1 is 0.854 bits per heavy atom. The van der Waals surface area contributed by atoms with Crippen LogP contribution >= 0.6 is 0 Å². The standard InChI is InChI=1S/C29H43NO11/c1-18(2)16-36-26(33)39-23-13-12-21(14-24(23)40-27(34)37-17-19(3)4)15-29(25(31)32,30-20(5)6)41-28(35)38-22-10-8-7-9-11-22/h12-14,18-20,22,30H,7-11,15-17H2,1-6H3,(H,31,32)/t29-/m0/s1. The number of carbonyl (C=O) groups is 4. The molecule has 1 aromatic rings. The van der Waals surface area contributed by atoms with Crippen LogP contribution in [-0.4, -0.2) is 60.6 Å². The quantitative estimate of drug-likeness (QED) is 0.124. The van der Waals surface area contributed by atoms with E-state index in [0.717, 1.165) is 19.3 Å². The van der Waals surface area contributed by atoms with Crippen LogP contribution in [0.15, 0.2) is 18.2 Å². The molecule has 1 aliphatic rings. The second kappa shape index (κ2) is 16.0. The van der Waals surface area contributed by atoms with Gasteiger partial charge < -0.3 is 33.5 Å². The molecule has 0 radical (unpaired) electrons. The Morgan fingerprint density at radius 2 is 1.41 bits per heavy atom. The number of carboxylic acid groups (broad SMARTS) is 1. The predicted octanol–water partition coefficient (Wildman–Crippen LogP) is 5.84. The fraction of sp³-hybridized carbons (Fsp3) is 0.655. The number of nitrogens with one attached hydrogen (secondary N) is 1. The molecule has 12 nitrogen and oxygen atoms in total. The molecule has 1 aliphatic carbocycles. The molecule has 1 aromatic carbocycles. The van der Waals surface area contributed by atoms with Gasteiger partial charge in [-0.2, -0.15) is 0 Å².